The number of H-pyrrole nitrogens is 1. The van der Waals surface area contributed by atoms with Gasteiger partial charge in [0, 0.05) is 17.8 Å². The maximum atomic E-state index is 11.9. The van der Waals surface area contributed by atoms with Crippen LogP contribution in [0.3, 0.4) is 0 Å². The number of fused-ring (bicyclic) bond motifs is 1. The van der Waals surface area contributed by atoms with Gasteiger partial charge in [0.05, 0.1) is 0 Å². The van der Waals surface area contributed by atoms with Crippen molar-refractivity contribution in [2.45, 2.75) is 6.92 Å². The van der Waals surface area contributed by atoms with Crippen molar-refractivity contribution in [3.8, 4) is 0 Å². The molecule has 0 atom stereocenters. The van der Waals surface area contributed by atoms with Crippen LogP contribution in [0, 0.1) is 6.92 Å². The van der Waals surface area contributed by atoms with E-state index < -0.39 is 0 Å². The molecule has 104 valence electrons. The Morgan fingerprint density at radius 3 is 2.76 bits per heavy atom. The molecule has 0 aliphatic heterocycles. The first kappa shape index (κ1) is 13.1. The van der Waals surface area contributed by atoms with Crippen molar-refractivity contribution in [3.05, 3.63) is 69.8 Å². The lowest BCUT2D eigenvalue weighted by Crippen LogP contribution is -2.12. The van der Waals surface area contributed by atoms with E-state index in [1.807, 2.05) is 19.1 Å². The van der Waals surface area contributed by atoms with Crippen LogP contribution in [0.4, 0.5) is 0 Å². The number of aliphatic hydroxyl groups is 1. The highest BCUT2D eigenvalue weighted by atomic mass is 16.3. The van der Waals surface area contributed by atoms with Gasteiger partial charge in [0.1, 0.15) is 17.0 Å². The molecule has 0 unspecified atom stereocenters. The summed E-state index contributed by atoms with van der Waals surface area (Å²) in [5, 5.41) is 10.1. The average molecular weight is 279 g/mol. The molecule has 0 amide bonds. The van der Waals surface area contributed by atoms with Crippen molar-refractivity contribution in [2.24, 2.45) is 0 Å². The van der Waals surface area contributed by atoms with Crippen molar-refractivity contribution in [2.75, 3.05) is 0 Å². The first-order valence-corrected chi connectivity index (χ1v) is 6.46. The summed E-state index contributed by atoms with van der Waals surface area (Å²) in [6.45, 7) is 1.97. The first-order valence-electron chi connectivity index (χ1n) is 6.46. The van der Waals surface area contributed by atoms with Crippen LogP contribution in [-0.4, -0.2) is 20.1 Å². The normalized spacial score (nSPS) is 11.8. The molecular formula is C16H13N3O2. The van der Waals surface area contributed by atoms with Crippen LogP contribution in [0.25, 0.3) is 23.0 Å². The molecule has 2 N–H and O–H groups in total. The maximum Gasteiger partial charge on any atom is 0.275 e. The summed E-state index contributed by atoms with van der Waals surface area (Å²) in [4.78, 5) is 22.8. The standard InChI is InChI=1S/C16H13N3O2/c1-10-4-6-11(7-5-10)14(20)9-13-16(21)19-15-12(18-13)3-2-8-17-15/h2-9,20H,1H3,(H,17,19,21). The van der Waals surface area contributed by atoms with E-state index in [0.29, 0.717) is 16.7 Å². The van der Waals surface area contributed by atoms with Gasteiger partial charge in [-0.25, -0.2) is 9.97 Å². The van der Waals surface area contributed by atoms with E-state index >= 15 is 0 Å². The van der Waals surface area contributed by atoms with E-state index in [1.165, 1.54) is 6.08 Å². The van der Waals surface area contributed by atoms with Crippen LogP contribution < -0.4 is 5.56 Å². The monoisotopic (exact) mass is 279 g/mol. The highest BCUT2D eigenvalue weighted by Crippen LogP contribution is 2.14. The first-order chi connectivity index (χ1) is 10.1. The molecular weight excluding hydrogens is 266 g/mol. The Hall–Kier alpha value is -2.95. The Labute approximate surface area is 120 Å². The average Bonchev–Trinajstić information content (AvgIpc) is 2.48. The fourth-order valence-electron chi connectivity index (χ4n) is 1.97. The summed E-state index contributed by atoms with van der Waals surface area (Å²) in [6.07, 6.45) is 2.94. The Morgan fingerprint density at radius 1 is 1.24 bits per heavy atom. The largest absolute Gasteiger partial charge is 0.507 e. The number of nitrogens with zero attached hydrogens (tertiary/aromatic N) is 2. The van der Waals surface area contributed by atoms with E-state index in [9.17, 15) is 9.90 Å². The molecule has 0 saturated heterocycles. The SMILES string of the molecule is Cc1ccc(C(O)=Cc2nc3cccnc3[nH]c2=O)cc1. The third-order valence-electron chi connectivity index (χ3n) is 3.11. The van der Waals surface area contributed by atoms with Gasteiger partial charge in [0.2, 0.25) is 0 Å². The molecule has 0 spiro atoms. The second-order valence-corrected chi connectivity index (χ2v) is 4.72. The zero-order valence-corrected chi connectivity index (χ0v) is 11.4. The number of pyridine rings is 1. The van der Waals surface area contributed by atoms with E-state index in [1.54, 1.807) is 30.5 Å². The molecule has 2 aromatic heterocycles. The topological polar surface area (TPSA) is 78.9 Å². The number of aryl methyl sites for hydroxylation is 1. The number of nitrogens with one attached hydrogen (secondary N) is 1. The molecule has 5 heteroatoms. The van der Waals surface area contributed by atoms with Gasteiger partial charge in [-0.3, -0.25) is 4.79 Å². The predicted molar refractivity (Wildman–Crippen MR) is 81.8 cm³/mol. The molecule has 0 saturated carbocycles. The molecule has 1 aromatic carbocycles. The zero-order chi connectivity index (χ0) is 14.8. The third kappa shape index (κ3) is 2.67. The van der Waals surface area contributed by atoms with E-state index in [0.717, 1.165) is 5.56 Å². The number of benzene rings is 1. The van der Waals surface area contributed by atoms with Crippen LogP contribution in [0.2, 0.25) is 0 Å². The van der Waals surface area contributed by atoms with E-state index in [4.69, 9.17) is 0 Å². The Morgan fingerprint density at radius 2 is 2.00 bits per heavy atom. The zero-order valence-electron chi connectivity index (χ0n) is 11.4. The van der Waals surface area contributed by atoms with Crippen LogP contribution >= 0.6 is 0 Å². The lowest BCUT2D eigenvalue weighted by molar-refractivity contribution is 0.515. The lowest BCUT2D eigenvalue weighted by atomic mass is 10.1. The molecule has 0 aliphatic carbocycles. The minimum absolute atomic E-state index is 0.00348. The van der Waals surface area contributed by atoms with E-state index in [-0.39, 0.29) is 17.0 Å². The van der Waals surface area contributed by atoms with Crippen molar-refractivity contribution in [1.82, 2.24) is 15.0 Å². The Balaban J connectivity index is 2.07. The lowest BCUT2D eigenvalue weighted by Gasteiger charge is -2.02. The van der Waals surface area contributed by atoms with Crippen molar-refractivity contribution >= 4 is 23.0 Å². The number of hydrogen-bond acceptors (Lipinski definition) is 4. The quantitative estimate of drug-likeness (QED) is 0.707. The van der Waals surface area contributed by atoms with Crippen LogP contribution in [0.5, 0.6) is 0 Å². The molecule has 0 bridgehead atoms. The molecule has 0 radical (unpaired) electrons. The minimum atomic E-state index is -0.389. The van der Waals surface area contributed by atoms with Crippen LogP contribution in [0.1, 0.15) is 16.8 Å². The van der Waals surface area contributed by atoms with Gasteiger partial charge in [-0.05, 0) is 19.1 Å². The summed E-state index contributed by atoms with van der Waals surface area (Å²) in [6, 6.07) is 10.8. The number of aromatic nitrogens is 3. The number of aliphatic hydroxyl groups excluding tert-OH is 1. The van der Waals surface area contributed by atoms with Gasteiger partial charge in [-0.1, -0.05) is 29.8 Å². The second-order valence-electron chi connectivity index (χ2n) is 4.72. The predicted octanol–water partition coefficient (Wildman–Crippen LogP) is 2.68. The van der Waals surface area contributed by atoms with Gasteiger partial charge in [-0.2, -0.15) is 0 Å². The van der Waals surface area contributed by atoms with E-state index in [2.05, 4.69) is 15.0 Å². The Kier molecular flexibility index (Phi) is 3.23. The minimum Gasteiger partial charge on any atom is -0.507 e. The highest BCUT2D eigenvalue weighted by molar-refractivity contribution is 5.77. The summed E-state index contributed by atoms with van der Waals surface area (Å²) in [5.41, 5.74) is 2.48. The summed E-state index contributed by atoms with van der Waals surface area (Å²) in [7, 11) is 0. The van der Waals surface area contributed by atoms with Crippen molar-refractivity contribution < 1.29 is 5.11 Å². The molecule has 21 heavy (non-hydrogen) atoms. The molecule has 0 aliphatic rings. The molecule has 3 rings (SSSR count). The third-order valence-corrected chi connectivity index (χ3v) is 3.11. The van der Waals surface area contributed by atoms with Gasteiger partial charge in [0.15, 0.2) is 5.65 Å². The van der Waals surface area contributed by atoms with Gasteiger partial charge in [0.25, 0.3) is 5.56 Å². The Bertz CT molecular complexity index is 880. The fraction of sp³-hybridized carbons (Fsp3) is 0.0625. The summed E-state index contributed by atoms with van der Waals surface area (Å²) >= 11 is 0. The van der Waals surface area contributed by atoms with Crippen LogP contribution in [0.15, 0.2) is 47.4 Å². The van der Waals surface area contributed by atoms with Crippen molar-refractivity contribution in [3.63, 3.8) is 0 Å². The summed E-state index contributed by atoms with van der Waals surface area (Å²) < 4.78 is 0. The number of aromatic amines is 1. The van der Waals surface area contributed by atoms with Crippen LogP contribution in [-0.2, 0) is 0 Å². The van der Waals surface area contributed by atoms with Gasteiger partial charge >= 0.3 is 0 Å². The number of rotatable bonds is 2. The van der Waals surface area contributed by atoms with Crippen molar-refractivity contribution in [1.29, 1.82) is 0 Å². The molecule has 3 aromatic rings. The maximum absolute atomic E-state index is 11.9. The fourth-order valence-corrected chi connectivity index (χ4v) is 1.97. The molecule has 2 heterocycles. The highest BCUT2D eigenvalue weighted by Gasteiger charge is 2.05. The van der Waals surface area contributed by atoms with Gasteiger partial charge < -0.3 is 10.1 Å². The number of hydrogen-bond donors (Lipinski definition) is 2. The molecule has 0 fully saturated rings. The van der Waals surface area contributed by atoms with Gasteiger partial charge in [-0.15, -0.1) is 0 Å². The second kappa shape index (κ2) is 5.20. The summed E-state index contributed by atoms with van der Waals surface area (Å²) in [5.74, 6) is -0.00348. The smallest absolute Gasteiger partial charge is 0.275 e. The molecule has 5 nitrogen and oxygen atoms in total.